The van der Waals surface area contributed by atoms with Crippen molar-refractivity contribution < 1.29 is 9.59 Å². The zero-order chi connectivity index (χ0) is 23.2. The Morgan fingerprint density at radius 1 is 0.939 bits per heavy atom. The molecule has 170 valence electrons. The predicted molar refractivity (Wildman–Crippen MR) is 131 cm³/mol. The third kappa shape index (κ3) is 5.62. The number of rotatable bonds is 6. The van der Waals surface area contributed by atoms with E-state index >= 15 is 0 Å². The second-order valence-electron chi connectivity index (χ2n) is 8.40. The quantitative estimate of drug-likeness (QED) is 0.578. The van der Waals surface area contributed by atoms with Gasteiger partial charge in [-0.1, -0.05) is 84.4 Å². The standard InChI is InChI=1S/C27H28ClN3O2/c1-30-16-17-31(25(19-30)21-12-6-3-7-13-21)26(32)18-24(20-10-4-2-5-11-20)29-27(33)22-14-8-9-15-23(22)28/h2-15,24-25H,16-19H2,1H3,(H,29,33). The van der Waals surface area contributed by atoms with Crippen LogP contribution in [0.2, 0.25) is 5.02 Å². The van der Waals surface area contributed by atoms with Crippen molar-refractivity contribution >= 4 is 23.4 Å². The number of piperazine rings is 1. The van der Waals surface area contributed by atoms with Crippen molar-refractivity contribution in [2.45, 2.75) is 18.5 Å². The normalized spacial score (nSPS) is 17.4. The van der Waals surface area contributed by atoms with E-state index < -0.39 is 6.04 Å². The number of nitrogens with zero attached hydrogens (tertiary/aromatic N) is 2. The Bertz CT molecular complexity index is 1090. The summed E-state index contributed by atoms with van der Waals surface area (Å²) in [6.07, 6.45) is 0.174. The van der Waals surface area contributed by atoms with Gasteiger partial charge in [-0.15, -0.1) is 0 Å². The van der Waals surface area contributed by atoms with Gasteiger partial charge >= 0.3 is 0 Å². The molecule has 0 spiro atoms. The Morgan fingerprint density at radius 3 is 2.27 bits per heavy atom. The lowest BCUT2D eigenvalue weighted by Crippen LogP contribution is -2.50. The van der Waals surface area contributed by atoms with E-state index in [-0.39, 0.29) is 24.3 Å². The summed E-state index contributed by atoms with van der Waals surface area (Å²) in [6, 6.07) is 26.2. The molecular weight excluding hydrogens is 434 g/mol. The first-order valence-corrected chi connectivity index (χ1v) is 11.5. The van der Waals surface area contributed by atoms with Crippen molar-refractivity contribution in [2.24, 2.45) is 0 Å². The van der Waals surface area contributed by atoms with E-state index in [0.717, 1.165) is 24.2 Å². The summed E-state index contributed by atoms with van der Waals surface area (Å²) in [6.45, 7) is 2.24. The van der Waals surface area contributed by atoms with E-state index in [4.69, 9.17) is 11.6 Å². The highest BCUT2D eigenvalue weighted by molar-refractivity contribution is 6.33. The molecule has 0 radical (unpaired) electrons. The van der Waals surface area contributed by atoms with Crippen molar-refractivity contribution in [3.63, 3.8) is 0 Å². The van der Waals surface area contributed by atoms with E-state index in [0.29, 0.717) is 17.1 Å². The molecule has 0 bridgehead atoms. The van der Waals surface area contributed by atoms with Gasteiger partial charge in [0.15, 0.2) is 0 Å². The molecule has 2 amide bonds. The Balaban J connectivity index is 1.57. The maximum Gasteiger partial charge on any atom is 0.253 e. The zero-order valence-corrected chi connectivity index (χ0v) is 19.4. The molecule has 3 aromatic rings. The van der Waals surface area contributed by atoms with Crippen molar-refractivity contribution in [1.29, 1.82) is 0 Å². The summed E-state index contributed by atoms with van der Waals surface area (Å²) in [5.74, 6) is -0.273. The molecule has 1 saturated heterocycles. The van der Waals surface area contributed by atoms with Gasteiger partial charge < -0.3 is 15.1 Å². The minimum Gasteiger partial charge on any atom is -0.345 e. The van der Waals surface area contributed by atoms with Gasteiger partial charge in [-0.3, -0.25) is 9.59 Å². The molecule has 2 atom stereocenters. The Kier molecular flexibility index (Phi) is 7.43. The average molecular weight is 462 g/mol. The van der Waals surface area contributed by atoms with Gasteiger partial charge in [0, 0.05) is 19.6 Å². The summed E-state index contributed by atoms with van der Waals surface area (Å²) in [5, 5.41) is 3.43. The van der Waals surface area contributed by atoms with E-state index in [1.165, 1.54) is 0 Å². The van der Waals surface area contributed by atoms with Crippen molar-refractivity contribution in [3.05, 3.63) is 107 Å². The topological polar surface area (TPSA) is 52.6 Å². The molecule has 33 heavy (non-hydrogen) atoms. The molecule has 1 aliphatic rings. The number of halogens is 1. The van der Waals surface area contributed by atoms with Crippen LogP contribution >= 0.6 is 11.6 Å². The maximum absolute atomic E-state index is 13.6. The number of amides is 2. The fourth-order valence-electron chi connectivity index (χ4n) is 4.29. The SMILES string of the molecule is CN1CCN(C(=O)CC(NC(=O)c2ccccc2Cl)c2ccccc2)C(c2ccccc2)C1. The number of likely N-dealkylation sites (N-methyl/N-ethyl adjacent to an activating group) is 1. The fourth-order valence-corrected chi connectivity index (χ4v) is 4.51. The van der Waals surface area contributed by atoms with Crippen LogP contribution in [-0.4, -0.2) is 48.3 Å². The predicted octanol–water partition coefficient (Wildman–Crippen LogP) is 4.72. The lowest BCUT2D eigenvalue weighted by molar-refractivity contribution is -0.136. The molecule has 5 nitrogen and oxygen atoms in total. The van der Waals surface area contributed by atoms with Crippen LogP contribution in [-0.2, 0) is 4.79 Å². The molecule has 2 unspecified atom stereocenters. The number of carbonyl (C=O) groups is 2. The van der Waals surface area contributed by atoms with E-state index in [9.17, 15) is 9.59 Å². The van der Waals surface area contributed by atoms with Crippen LogP contribution in [0, 0.1) is 0 Å². The van der Waals surface area contributed by atoms with Crippen LogP contribution < -0.4 is 5.32 Å². The van der Waals surface area contributed by atoms with Crippen LogP contribution in [0.3, 0.4) is 0 Å². The second kappa shape index (κ2) is 10.6. The highest BCUT2D eigenvalue weighted by atomic mass is 35.5. The zero-order valence-electron chi connectivity index (χ0n) is 18.7. The van der Waals surface area contributed by atoms with Crippen molar-refractivity contribution in [2.75, 3.05) is 26.7 Å². The molecule has 0 saturated carbocycles. The van der Waals surface area contributed by atoms with Gasteiger partial charge in [0.25, 0.3) is 5.91 Å². The largest absolute Gasteiger partial charge is 0.345 e. The van der Waals surface area contributed by atoms with Crippen LogP contribution in [0.15, 0.2) is 84.9 Å². The molecule has 0 aliphatic carbocycles. The van der Waals surface area contributed by atoms with Crippen LogP contribution in [0.5, 0.6) is 0 Å². The molecular formula is C27H28ClN3O2. The second-order valence-corrected chi connectivity index (χ2v) is 8.80. The van der Waals surface area contributed by atoms with Crippen molar-refractivity contribution in [3.8, 4) is 0 Å². The first kappa shape index (κ1) is 23.0. The number of hydrogen-bond donors (Lipinski definition) is 1. The third-order valence-electron chi connectivity index (χ3n) is 6.09. The minimum absolute atomic E-state index is 0.0188. The fraction of sp³-hybridized carbons (Fsp3) is 0.259. The highest BCUT2D eigenvalue weighted by Gasteiger charge is 2.32. The third-order valence-corrected chi connectivity index (χ3v) is 6.42. The van der Waals surface area contributed by atoms with E-state index in [1.807, 2.05) is 53.4 Å². The summed E-state index contributed by atoms with van der Waals surface area (Å²) in [4.78, 5) is 30.8. The number of nitrogens with one attached hydrogen (secondary N) is 1. The van der Waals surface area contributed by atoms with Crippen LogP contribution in [0.1, 0.15) is 40.0 Å². The minimum atomic E-state index is -0.460. The number of carbonyl (C=O) groups excluding carboxylic acids is 2. The number of hydrogen-bond acceptors (Lipinski definition) is 3. The molecule has 3 aromatic carbocycles. The summed E-state index contributed by atoms with van der Waals surface area (Å²) < 4.78 is 0. The van der Waals surface area contributed by atoms with Gasteiger partial charge in [0.2, 0.25) is 5.91 Å². The summed E-state index contributed by atoms with van der Waals surface area (Å²) >= 11 is 6.24. The average Bonchev–Trinajstić information content (AvgIpc) is 2.84. The van der Waals surface area contributed by atoms with E-state index in [2.05, 4.69) is 29.4 Å². The Labute approximate surface area is 200 Å². The van der Waals surface area contributed by atoms with E-state index in [1.54, 1.807) is 24.3 Å². The molecule has 4 rings (SSSR count). The molecule has 1 fully saturated rings. The Hall–Kier alpha value is -3.15. The maximum atomic E-state index is 13.6. The van der Waals surface area contributed by atoms with Gasteiger partial charge in [0.1, 0.15) is 0 Å². The summed E-state index contributed by atoms with van der Waals surface area (Å²) in [5.41, 5.74) is 2.40. The van der Waals surface area contributed by atoms with Crippen LogP contribution in [0.25, 0.3) is 0 Å². The lowest BCUT2D eigenvalue weighted by Gasteiger charge is -2.41. The van der Waals surface area contributed by atoms with Gasteiger partial charge in [0.05, 0.1) is 29.1 Å². The molecule has 6 heteroatoms. The first-order valence-electron chi connectivity index (χ1n) is 11.2. The van der Waals surface area contributed by atoms with Crippen LogP contribution in [0.4, 0.5) is 0 Å². The smallest absolute Gasteiger partial charge is 0.253 e. The van der Waals surface area contributed by atoms with Gasteiger partial charge in [-0.25, -0.2) is 0 Å². The van der Waals surface area contributed by atoms with Gasteiger partial charge in [-0.05, 0) is 30.3 Å². The number of benzene rings is 3. The lowest BCUT2D eigenvalue weighted by atomic mass is 9.99. The highest BCUT2D eigenvalue weighted by Crippen LogP contribution is 2.28. The molecule has 0 aromatic heterocycles. The summed E-state index contributed by atoms with van der Waals surface area (Å²) in [7, 11) is 2.08. The molecule has 1 aliphatic heterocycles. The molecule has 1 heterocycles. The molecule has 1 N–H and O–H groups in total. The Morgan fingerprint density at radius 2 is 1.58 bits per heavy atom. The van der Waals surface area contributed by atoms with Crippen molar-refractivity contribution in [1.82, 2.24) is 15.1 Å². The monoisotopic (exact) mass is 461 g/mol. The first-order chi connectivity index (χ1) is 16.0. The van der Waals surface area contributed by atoms with Gasteiger partial charge in [-0.2, -0.15) is 0 Å².